The second-order valence-electron chi connectivity index (χ2n) is 3.16. The van der Waals surface area contributed by atoms with Crippen molar-refractivity contribution in [2.24, 2.45) is 5.73 Å². The zero-order valence-electron chi connectivity index (χ0n) is 8.63. The van der Waals surface area contributed by atoms with Gasteiger partial charge in [-0.25, -0.2) is 0 Å². The molecule has 1 aromatic carbocycles. The van der Waals surface area contributed by atoms with Crippen molar-refractivity contribution in [3.8, 4) is 5.75 Å². The molecule has 1 amide bonds. The molecular weight excluding hydrogens is 214 g/mol. The zero-order valence-corrected chi connectivity index (χ0v) is 9.38. The molecule has 1 rings (SSSR count). The molecule has 2 N–H and O–H groups in total. The fourth-order valence-corrected chi connectivity index (χ4v) is 1.50. The fraction of sp³-hybridized carbons (Fsp3) is 0.364. The van der Waals surface area contributed by atoms with E-state index >= 15 is 0 Å². The summed E-state index contributed by atoms with van der Waals surface area (Å²) in [7, 11) is 0. The van der Waals surface area contributed by atoms with E-state index in [1.807, 2.05) is 19.1 Å². The lowest BCUT2D eigenvalue weighted by molar-refractivity contribution is -0.117. The van der Waals surface area contributed by atoms with Gasteiger partial charge >= 0.3 is 0 Å². The third kappa shape index (κ3) is 3.80. The van der Waals surface area contributed by atoms with Crippen molar-refractivity contribution >= 4 is 17.5 Å². The first-order valence-electron chi connectivity index (χ1n) is 4.83. The Morgan fingerprint density at radius 3 is 2.80 bits per heavy atom. The van der Waals surface area contributed by atoms with Crippen LogP contribution in [0.1, 0.15) is 18.9 Å². The third-order valence-corrected chi connectivity index (χ3v) is 2.25. The van der Waals surface area contributed by atoms with Gasteiger partial charge in [-0.05, 0) is 31.0 Å². The van der Waals surface area contributed by atoms with Crippen LogP contribution < -0.4 is 10.5 Å². The summed E-state index contributed by atoms with van der Waals surface area (Å²) in [4.78, 5) is 10.6. The summed E-state index contributed by atoms with van der Waals surface area (Å²) in [5.41, 5.74) is 6.05. The van der Waals surface area contributed by atoms with E-state index in [4.69, 9.17) is 22.1 Å². The number of primary amides is 1. The number of carbonyl (C=O) groups is 1. The summed E-state index contributed by atoms with van der Waals surface area (Å²) in [5.74, 6) is 0.363. The number of rotatable bonds is 5. The Hall–Kier alpha value is -1.22. The summed E-state index contributed by atoms with van der Waals surface area (Å²) < 4.78 is 5.29. The summed E-state index contributed by atoms with van der Waals surface area (Å²) in [5, 5.41) is 0.568. The molecule has 1 aromatic rings. The number of benzene rings is 1. The molecule has 0 aromatic heterocycles. The molecule has 0 aliphatic heterocycles. The molecule has 0 fully saturated rings. The second-order valence-corrected chi connectivity index (χ2v) is 3.57. The first kappa shape index (κ1) is 11.9. The lowest BCUT2D eigenvalue weighted by Crippen LogP contribution is -2.11. The Bertz CT molecular complexity index is 352. The Balaban J connectivity index is 2.68. The number of nitrogens with two attached hydrogens (primary N) is 1. The average Bonchev–Trinajstić information content (AvgIpc) is 2.19. The van der Waals surface area contributed by atoms with Gasteiger partial charge in [-0.15, -0.1) is 0 Å². The van der Waals surface area contributed by atoms with E-state index in [9.17, 15) is 4.79 Å². The molecule has 0 saturated carbocycles. The fourth-order valence-electron chi connectivity index (χ4n) is 1.24. The van der Waals surface area contributed by atoms with Crippen LogP contribution in [-0.4, -0.2) is 12.5 Å². The second kappa shape index (κ2) is 5.61. The number of aryl methyl sites for hydroxylation is 1. The lowest BCUT2D eigenvalue weighted by Gasteiger charge is -2.07. The highest BCUT2D eigenvalue weighted by Crippen LogP contribution is 2.25. The van der Waals surface area contributed by atoms with Gasteiger partial charge in [0.15, 0.2) is 0 Å². The Labute approximate surface area is 94.2 Å². The molecule has 0 unspecified atom stereocenters. The largest absolute Gasteiger partial charge is 0.492 e. The number of hydrogen-bond acceptors (Lipinski definition) is 2. The Morgan fingerprint density at radius 1 is 1.53 bits per heavy atom. The standard InChI is InChI=1S/C11H14ClNO2/c1-2-15-10-5-3-8(7-9(10)12)4-6-11(13)14/h3,5,7H,2,4,6H2,1H3,(H2,13,14). The molecular formula is C11H14ClNO2. The van der Waals surface area contributed by atoms with Crippen molar-refractivity contribution in [3.63, 3.8) is 0 Å². The molecule has 0 radical (unpaired) electrons. The zero-order chi connectivity index (χ0) is 11.3. The van der Waals surface area contributed by atoms with Gasteiger partial charge in [0.05, 0.1) is 11.6 Å². The topological polar surface area (TPSA) is 52.3 Å². The van der Waals surface area contributed by atoms with Gasteiger partial charge in [0, 0.05) is 6.42 Å². The van der Waals surface area contributed by atoms with Gasteiger partial charge in [0.25, 0.3) is 0 Å². The van der Waals surface area contributed by atoms with Crippen molar-refractivity contribution in [3.05, 3.63) is 28.8 Å². The maximum atomic E-state index is 10.6. The average molecular weight is 228 g/mol. The van der Waals surface area contributed by atoms with Crippen LogP contribution in [0.5, 0.6) is 5.75 Å². The van der Waals surface area contributed by atoms with E-state index < -0.39 is 0 Å². The normalized spacial score (nSPS) is 10.0. The summed E-state index contributed by atoms with van der Waals surface area (Å²) >= 11 is 5.98. The van der Waals surface area contributed by atoms with E-state index in [1.165, 1.54) is 0 Å². The summed E-state index contributed by atoms with van der Waals surface area (Å²) in [6.45, 7) is 2.48. The highest BCUT2D eigenvalue weighted by Gasteiger charge is 2.03. The summed E-state index contributed by atoms with van der Waals surface area (Å²) in [6, 6.07) is 5.50. The molecule has 0 heterocycles. The van der Waals surface area contributed by atoms with Gasteiger partial charge in [0.1, 0.15) is 5.75 Å². The minimum atomic E-state index is -0.306. The molecule has 82 valence electrons. The van der Waals surface area contributed by atoms with Gasteiger partial charge in [-0.3, -0.25) is 4.79 Å². The minimum Gasteiger partial charge on any atom is -0.492 e. The maximum absolute atomic E-state index is 10.6. The first-order chi connectivity index (χ1) is 7.13. The SMILES string of the molecule is CCOc1ccc(CCC(N)=O)cc1Cl. The van der Waals surface area contributed by atoms with Crippen LogP contribution in [-0.2, 0) is 11.2 Å². The number of hydrogen-bond donors (Lipinski definition) is 1. The highest BCUT2D eigenvalue weighted by atomic mass is 35.5. The van der Waals surface area contributed by atoms with Crippen molar-refractivity contribution in [2.75, 3.05) is 6.61 Å². The molecule has 0 bridgehead atoms. The van der Waals surface area contributed by atoms with Crippen molar-refractivity contribution in [1.82, 2.24) is 0 Å². The van der Waals surface area contributed by atoms with E-state index in [0.29, 0.717) is 30.2 Å². The summed E-state index contributed by atoms with van der Waals surface area (Å²) in [6.07, 6.45) is 0.950. The van der Waals surface area contributed by atoms with Gasteiger partial charge in [0.2, 0.25) is 5.91 Å². The predicted octanol–water partition coefficient (Wildman–Crippen LogP) is 2.16. The maximum Gasteiger partial charge on any atom is 0.217 e. The van der Waals surface area contributed by atoms with Crippen LogP contribution in [0.3, 0.4) is 0 Å². The highest BCUT2D eigenvalue weighted by molar-refractivity contribution is 6.32. The van der Waals surface area contributed by atoms with E-state index in [-0.39, 0.29) is 5.91 Å². The number of ether oxygens (including phenoxy) is 1. The minimum absolute atomic E-state index is 0.306. The molecule has 15 heavy (non-hydrogen) atoms. The van der Waals surface area contributed by atoms with Crippen LogP contribution in [0.15, 0.2) is 18.2 Å². The lowest BCUT2D eigenvalue weighted by atomic mass is 10.1. The molecule has 0 spiro atoms. The van der Waals surface area contributed by atoms with E-state index in [1.54, 1.807) is 6.07 Å². The van der Waals surface area contributed by atoms with Crippen molar-refractivity contribution in [1.29, 1.82) is 0 Å². The monoisotopic (exact) mass is 227 g/mol. The van der Waals surface area contributed by atoms with Crippen LogP contribution in [0.2, 0.25) is 5.02 Å². The quantitative estimate of drug-likeness (QED) is 0.838. The number of carbonyl (C=O) groups excluding carboxylic acids is 1. The predicted molar refractivity (Wildman–Crippen MR) is 60.1 cm³/mol. The molecule has 4 heteroatoms. The van der Waals surface area contributed by atoms with Crippen LogP contribution in [0.4, 0.5) is 0 Å². The van der Waals surface area contributed by atoms with Crippen molar-refractivity contribution < 1.29 is 9.53 Å². The van der Waals surface area contributed by atoms with Gasteiger partial charge < -0.3 is 10.5 Å². The Kier molecular flexibility index (Phi) is 4.43. The van der Waals surface area contributed by atoms with Crippen LogP contribution in [0, 0.1) is 0 Å². The molecule has 0 aliphatic rings. The molecule has 0 atom stereocenters. The van der Waals surface area contributed by atoms with Gasteiger partial charge in [-0.2, -0.15) is 0 Å². The van der Waals surface area contributed by atoms with E-state index in [0.717, 1.165) is 5.56 Å². The van der Waals surface area contributed by atoms with Gasteiger partial charge in [-0.1, -0.05) is 17.7 Å². The number of amides is 1. The molecule has 0 saturated heterocycles. The Morgan fingerprint density at radius 2 is 2.27 bits per heavy atom. The molecule has 0 aliphatic carbocycles. The third-order valence-electron chi connectivity index (χ3n) is 1.96. The van der Waals surface area contributed by atoms with Crippen LogP contribution >= 0.6 is 11.6 Å². The van der Waals surface area contributed by atoms with Crippen LogP contribution in [0.25, 0.3) is 0 Å². The first-order valence-corrected chi connectivity index (χ1v) is 5.20. The van der Waals surface area contributed by atoms with Crippen molar-refractivity contribution in [2.45, 2.75) is 19.8 Å². The molecule has 3 nitrogen and oxygen atoms in total. The van der Waals surface area contributed by atoms with E-state index in [2.05, 4.69) is 0 Å². The number of halogens is 1. The smallest absolute Gasteiger partial charge is 0.217 e.